The molecule has 8 rings (SSSR count). The highest BCUT2D eigenvalue weighted by atomic mass is 16.7. The Labute approximate surface area is 272 Å². The highest BCUT2D eigenvalue weighted by Crippen LogP contribution is 2.43. The third kappa shape index (κ3) is 5.08. The van der Waals surface area contributed by atoms with Gasteiger partial charge in [0.2, 0.25) is 6.79 Å². The van der Waals surface area contributed by atoms with Crippen molar-refractivity contribution in [1.82, 2.24) is 14.5 Å². The van der Waals surface area contributed by atoms with Crippen molar-refractivity contribution in [3.05, 3.63) is 119 Å². The van der Waals surface area contributed by atoms with Crippen molar-refractivity contribution in [3.63, 3.8) is 0 Å². The number of carbonyl (C=O) groups excluding carboxylic acids is 2. The van der Waals surface area contributed by atoms with E-state index < -0.39 is 0 Å². The van der Waals surface area contributed by atoms with E-state index in [0.29, 0.717) is 46.1 Å². The summed E-state index contributed by atoms with van der Waals surface area (Å²) < 4.78 is 13.8. The molecule has 9 heteroatoms. The second-order valence-corrected chi connectivity index (χ2v) is 12.4. The summed E-state index contributed by atoms with van der Waals surface area (Å²) in [4.78, 5) is 37.0. The van der Waals surface area contributed by atoms with Crippen molar-refractivity contribution in [2.75, 3.05) is 11.7 Å². The van der Waals surface area contributed by atoms with E-state index in [1.165, 1.54) is 5.56 Å². The summed E-state index contributed by atoms with van der Waals surface area (Å²) in [6.07, 6.45) is 6.73. The molecule has 3 aliphatic rings. The van der Waals surface area contributed by atoms with Gasteiger partial charge in [0.25, 0.3) is 11.8 Å². The number of benzene rings is 3. The number of amides is 2. The number of phenolic OH excluding ortho intramolecular Hbond substituents is 1. The number of pyridine rings is 1. The molecule has 5 heterocycles. The van der Waals surface area contributed by atoms with Gasteiger partial charge in [-0.15, -0.1) is 0 Å². The topological polar surface area (TPSA) is 97.1 Å². The lowest BCUT2D eigenvalue weighted by Crippen LogP contribution is -2.42. The Bertz CT molecular complexity index is 2000. The van der Waals surface area contributed by atoms with Crippen LogP contribution in [-0.4, -0.2) is 44.2 Å². The number of hydrogen-bond acceptors (Lipinski definition) is 6. The SMILES string of the molecule is C[C@@H]1Cc2ccccc2CN1C(=O)c1cc2c(cc1-c1cc(C(=O)N(c3ccncc3)c3ccc(O)cc3)c3n1CCCC3)OCO2. The summed E-state index contributed by atoms with van der Waals surface area (Å²) in [5.41, 5.74) is 7.25. The van der Waals surface area contributed by atoms with E-state index in [-0.39, 0.29) is 30.4 Å². The Morgan fingerprint density at radius 2 is 1.60 bits per heavy atom. The molecule has 0 unspecified atom stereocenters. The van der Waals surface area contributed by atoms with Crippen LogP contribution in [0.15, 0.2) is 91.3 Å². The van der Waals surface area contributed by atoms with Crippen LogP contribution < -0.4 is 14.4 Å². The first-order valence-electron chi connectivity index (χ1n) is 16.0. The summed E-state index contributed by atoms with van der Waals surface area (Å²) in [7, 11) is 0. The number of hydrogen-bond donors (Lipinski definition) is 1. The molecule has 0 spiro atoms. The molecule has 47 heavy (non-hydrogen) atoms. The summed E-state index contributed by atoms with van der Waals surface area (Å²) in [6, 6.07) is 24.1. The van der Waals surface area contributed by atoms with E-state index >= 15 is 0 Å². The first kappa shape index (κ1) is 28.9. The Hall–Kier alpha value is -5.57. The highest BCUT2D eigenvalue weighted by Gasteiger charge is 2.34. The van der Waals surface area contributed by atoms with Crippen molar-refractivity contribution < 1.29 is 24.2 Å². The molecular weight excluding hydrogens is 592 g/mol. The second kappa shape index (κ2) is 11.7. The Kier molecular flexibility index (Phi) is 7.16. The minimum Gasteiger partial charge on any atom is -0.508 e. The van der Waals surface area contributed by atoms with Crippen LogP contribution in [0.1, 0.15) is 57.3 Å². The van der Waals surface area contributed by atoms with Crippen LogP contribution in [-0.2, 0) is 25.9 Å². The molecule has 0 radical (unpaired) electrons. The molecule has 236 valence electrons. The Morgan fingerprint density at radius 1 is 0.872 bits per heavy atom. The zero-order chi connectivity index (χ0) is 32.1. The van der Waals surface area contributed by atoms with Gasteiger partial charge >= 0.3 is 0 Å². The smallest absolute Gasteiger partial charge is 0.264 e. The largest absolute Gasteiger partial charge is 0.508 e. The highest BCUT2D eigenvalue weighted by molar-refractivity contribution is 6.12. The maximum absolute atomic E-state index is 14.7. The predicted molar refractivity (Wildman–Crippen MR) is 177 cm³/mol. The van der Waals surface area contributed by atoms with Crippen molar-refractivity contribution in [3.8, 4) is 28.5 Å². The lowest BCUT2D eigenvalue weighted by atomic mass is 9.93. The maximum atomic E-state index is 14.7. The summed E-state index contributed by atoms with van der Waals surface area (Å²) in [5, 5.41) is 9.98. The van der Waals surface area contributed by atoms with Crippen molar-refractivity contribution in [1.29, 1.82) is 0 Å². The molecule has 0 fully saturated rings. The van der Waals surface area contributed by atoms with E-state index in [1.54, 1.807) is 59.8 Å². The first-order chi connectivity index (χ1) is 23.0. The molecule has 2 amide bonds. The van der Waals surface area contributed by atoms with E-state index in [2.05, 4.69) is 28.6 Å². The normalized spacial score (nSPS) is 16.4. The van der Waals surface area contributed by atoms with Gasteiger partial charge in [-0.2, -0.15) is 0 Å². The minimum atomic E-state index is -0.200. The van der Waals surface area contributed by atoms with Crippen molar-refractivity contribution in [2.45, 2.75) is 51.7 Å². The van der Waals surface area contributed by atoms with Gasteiger partial charge in [0.05, 0.1) is 16.8 Å². The predicted octanol–water partition coefficient (Wildman–Crippen LogP) is 6.89. The number of anilines is 2. The quantitative estimate of drug-likeness (QED) is 0.228. The molecule has 5 aromatic rings. The van der Waals surface area contributed by atoms with Crippen LogP contribution in [0, 0.1) is 0 Å². The van der Waals surface area contributed by atoms with Crippen LogP contribution in [0.5, 0.6) is 17.2 Å². The fourth-order valence-electron chi connectivity index (χ4n) is 7.12. The van der Waals surface area contributed by atoms with Crippen LogP contribution in [0.3, 0.4) is 0 Å². The number of phenols is 1. The molecular formula is C38H34N4O5. The van der Waals surface area contributed by atoms with Crippen molar-refractivity contribution >= 4 is 23.2 Å². The zero-order valence-corrected chi connectivity index (χ0v) is 26.1. The number of fused-ring (bicyclic) bond motifs is 3. The standard InChI is InChI=1S/C38H34N4O5/c1-24-18-25-6-2-3-7-26(25)22-41(24)37(44)31-21-36-35(46-23-47-36)20-30(31)34-19-32(33-8-4-5-17-40(33)34)38(45)42(28-13-15-39-16-14-28)27-9-11-29(43)12-10-27/h2-3,6-7,9-16,19-21,24,43H,4-5,8,17-18,22-23H2,1H3/t24-/m1/s1. The summed E-state index contributed by atoms with van der Waals surface area (Å²) >= 11 is 0. The molecule has 1 N–H and O–H groups in total. The zero-order valence-electron chi connectivity index (χ0n) is 26.1. The van der Waals surface area contributed by atoms with E-state index in [1.807, 2.05) is 29.2 Å². The van der Waals surface area contributed by atoms with Crippen LogP contribution >= 0.6 is 0 Å². The molecule has 9 nitrogen and oxygen atoms in total. The monoisotopic (exact) mass is 626 g/mol. The third-order valence-electron chi connectivity index (χ3n) is 9.50. The van der Waals surface area contributed by atoms with Crippen molar-refractivity contribution in [2.24, 2.45) is 0 Å². The maximum Gasteiger partial charge on any atom is 0.264 e. The van der Waals surface area contributed by atoms with Gasteiger partial charge in [0.1, 0.15) is 5.75 Å². The number of carbonyl (C=O) groups is 2. The second-order valence-electron chi connectivity index (χ2n) is 12.4. The minimum absolute atomic E-state index is 0.00766. The number of rotatable bonds is 5. The summed E-state index contributed by atoms with van der Waals surface area (Å²) in [5.74, 6) is 0.956. The van der Waals surface area contributed by atoms with Crippen LogP contribution in [0.2, 0.25) is 0 Å². The van der Waals surface area contributed by atoms with Gasteiger partial charge < -0.3 is 24.0 Å². The summed E-state index contributed by atoms with van der Waals surface area (Å²) in [6.45, 7) is 3.42. The molecule has 0 aliphatic carbocycles. The van der Waals surface area contributed by atoms with E-state index in [4.69, 9.17) is 9.47 Å². The Balaban J connectivity index is 1.26. The molecule has 0 saturated heterocycles. The lowest BCUT2D eigenvalue weighted by Gasteiger charge is -2.35. The fraction of sp³-hybridized carbons (Fsp3) is 0.237. The number of ether oxygens (including phenoxy) is 2. The van der Waals surface area contributed by atoms with Gasteiger partial charge in [0, 0.05) is 54.2 Å². The number of aromatic hydroxyl groups is 1. The van der Waals surface area contributed by atoms with Gasteiger partial charge in [-0.25, -0.2) is 0 Å². The average molecular weight is 627 g/mol. The number of aromatic nitrogens is 2. The molecule has 1 atom stereocenters. The van der Waals surface area contributed by atoms with Crippen LogP contribution in [0.4, 0.5) is 11.4 Å². The van der Waals surface area contributed by atoms with E-state index in [9.17, 15) is 14.7 Å². The van der Waals surface area contributed by atoms with Gasteiger partial charge in [-0.1, -0.05) is 24.3 Å². The third-order valence-corrected chi connectivity index (χ3v) is 9.50. The Morgan fingerprint density at radius 3 is 2.38 bits per heavy atom. The van der Waals surface area contributed by atoms with Gasteiger partial charge in [0.15, 0.2) is 11.5 Å². The number of nitrogens with zero attached hydrogens (tertiary/aromatic N) is 4. The first-order valence-corrected chi connectivity index (χ1v) is 16.0. The van der Waals surface area contributed by atoms with Crippen LogP contribution in [0.25, 0.3) is 11.3 Å². The average Bonchev–Trinajstić information content (AvgIpc) is 3.73. The lowest BCUT2D eigenvalue weighted by molar-refractivity contribution is 0.0658. The molecule has 3 aromatic carbocycles. The molecule has 2 aromatic heterocycles. The van der Waals surface area contributed by atoms with Gasteiger partial charge in [-0.05, 0) is 98.3 Å². The van der Waals surface area contributed by atoms with Gasteiger partial charge in [-0.3, -0.25) is 19.5 Å². The molecule has 0 bridgehead atoms. The van der Waals surface area contributed by atoms with E-state index in [0.717, 1.165) is 49.2 Å². The molecule has 3 aliphatic heterocycles. The fourth-order valence-corrected chi connectivity index (χ4v) is 7.12. The molecule has 0 saturated carbocycles.